The Morgan fingerprint density at radius 1 is 0.829 bits per heavy atom. The highest BCUT2D eigenvalue weighted by molar-refractivity contribution is 5.94. The molecule has 1 amide bonds. The van der Waals surface area contributed by atoms with Crippen LogP contribution in [0.4, 0.5) is 11.4 Å². The summed E-state index contributed by atoms with van der Waals surface area (Å²) in [4.78, 5) is 17.6. The van der Waals surface area contributed by atoms with Crippen molar-refractivity contribution in [2.24, 2.45) is 0 Å². The van der Waals surface area contributed by atoms with E-state index in [0.717, 1.165) is 29.8 Å². The Labute approximate surface area is 207 Å². The molecule has 176 valence electrons. The highest BCUT2D eigenvalue weighted by Gasteiger charge is 2.27. The average molecular weight is 462 g/mol. The lowest BCUT2D eigenvalue weighted by atomic mass is 10.0. The van der Waals surface area contributed by atoms with Gasteiger partial charge in [-0.1, -0.05) is 72.8 Å². The highest BCUT2D eigenvalue weighted by atomic mass is 16.1. The lowest BCUT2D eigenvalue weighted by molar-refractivity contribution is 0.0951. The molecule has 0 radical (unpaired) electrons. The second-order valence-corrected chi connectivity index (χ2v) is 9.23. The molecule has 4 aromatic carbocycles. The number of anilines is 2. The van der Waals surface area contributed by atoms with Gasteiger partial charge in [-0.05, 0) is 59.0 Å². The van der Waals surface area contributed by atoms with E-state index in [4.69, 9.17) is 0 Å². The van der Waals surface area contributed by atoms with E-state index in [1.807, 2.05) is 56.6 Å². The number of fused-ring (bicyclic) bond motifs is 1. The van der Waals surface area contributed by atoms with Crippen molar-refractivity contribution >= 4 is 17.3 Å². The second kappa shape index (κ2) is 10.1. The van der Waals surface area contributed by atoms with Gasteiger partial charge >= 0.3 is 0 Å². The second-order valence-electron chi connectivity index (χ2n) is 9.23. The predicted octanol–water partition coefficient (Wildman–Crippen LogP) is 5.95. The summed E-state index contributed by atoms with van der Waals surface area (Å²) < 4.78 is 0. The van der Waals surface area contributed by atoms with Crippen molar-refractivity contribution in [3.63, 3.8) is 0 Å². The van der Waals surface area contributed by atoms with Crippen LogP contribution in [0.3, 0.4) is 0 Å². The fraction of sp³-hybridized carbons (Fsp3) is 0.194. The van der Waals surface area contributed by atoms with Crippen molar-refractivity contribution < 1.29 is 4.79 Å². The first-order chi connectivity index (χ1) is 17.1. The van der Waals surface area contributed by atoms with Gasteiger partial charge in [0.15, 0.2) is 0 Å². The van der Waals surface area contributed by atoms with Gasteiger partial charge < -0.3 is 15.1 Å². The summed E-state index contributed by atoms with van der Waals surface area (Å²) in [6.45, 7) is 1.48. The number of para-hydroxylation sites is 1. The molecule has 5 rings (SSSR count). The molecule has 1 atom stereocenters. The number of benzene rings is 4. The van der Waals surface area contributed by atoms with Gasteiger partial charge in [-0.2, -0.15) is 0 Å². The lowest BCUT2D eigenvalue weighted by Crippen LogP contribution is -2.37. The molecule has 0 spiro atoms. The third-order valence-electron chi connectivity index (χ3n) is 6.80. The molecule has 35 heavy (non-hydrogen) atoms. The molecular weight excluding hydrogens is 430 g/mol. The number of amides is 1. The van der Waals surface area contributed by atoms with Crippen LogP contribution < -0.4 is 15.1 Å². The van der Waals surface area contributed by atoms with Gasteiger partial charge in [0.1, 0.15) is 0 Å². The fourth-order valence-electron chi connectivity index (χ4n) is 4.83. The first kappa shape index (κ1) is 22.7. The van der Waals surface area contributed by atoms with Crippen molar-refractivity contribution in [2.75, 3.05) is 37.0 Å². The molecule has 0 bridgehead atoms. The van der Waals surface area contributed by atoms with Crippen LogP contribution in [0.25, 0.3) is 11.1 Å². The van der Waals surface area contributed by atoms with E-state index in [1.165, 1.54) is 16.8 Å². The Bertz CT molecular complexity index is 1280. The molecule has 0 aromatic heterocycles. The molecule has 1 heterocycles. The molecule has 0 saturated carbocycles. The minimum Gasteiger partial charge on any atom is -0.378 e. The number of hydrogen-bond donors (Lipinski definition) is 1. The lowest BCUT2D eigenvalue weighted by Gasteiger charge is -2.31. The number of nitrogens with zero attached hydrogens (tertiary/aromatic N) is 2. The van der Waals surface area contributed by atoms with Crippen molar-refractivity contribution in [1.29, 1.82) is 0 Å². The standard InChI is InChI=1S/C31H31N3O/c1-33(2)28-18-16-26(17-19-28)30(34-21-20-25-10-6-7-11-29(25)34)22-32-31(35)27-14-12-24(13-15-27)23-8-4-3-5-9-23/h3-19,30H,20-22H2,1-2H3,(H,32,35). The van der Waals surface area contributed by atoms with E-state index in [-0.39, 0.29) is 11.9 Å². The predicted molar refractivity (Wildman–Crippen MR) is 145 cm³/mol. The van der Waals surface area contributed by atoms with Gasteiger partial charge in [0, 0.05) is 44.1 Å². The topological polar surface area (TPSA) is 35.6 Å². The molecule has 0 aliphatic carbocycles. The van der Waals surface area contributed by atoms with Crippen LogP contribution in [-0.4, -0.2) is 33.1 Å². The van der Waals surface area contributed by atoms with Gasteiger partial charge in [-0.15, -0.1) is 0 Å². The zero-order valence-corrected chi connectivity index (χ0v) is 20.3. The third kappa shape index (κ3) is 4.92. The van der Waals surface area contributed by atoms with Gasteiger partial charge in [0.2, 0.25) is 0 Å². The Morgan fingerprint density at radius 3 is 2.20 bits per heavy atom. The van der Waals surface area contributed by atoms with Gasteiger partial charge in [-0.3, -0.25) is 4.79 Å². The molecular formula is C31H31N3O. The maximum absolute atomic E-state index is 13.1. The molecule has 1 aliphatic rings. The Balaban J connectivity index is 1.35. The van der Waals surface area contributed by atoms with E-state index in [9.17, 15) is 4.79 Å². The van der Waals surface area contributed by atoms with Crippen molar-refractivity contribution in [3.05, 3.63) is 120 Å². The molecule has 1 unspecified atom stereocenters. The number of rotatable bonds is 7. The van der Waals surface area contributed by atoms with Crippen LogP contribution in [0.1, 0.15) is 27.5 Å². The fourth-order valence-corrected chi connectivity index (χ4v) is 4.83. The summed E-state index contributed by atoms with van der Waals surface area (Å²) in [6, 6.07) is 35.4. The number of nitrogens with one attached hydrogen (secondary N) is 1. The normalized spacial score (nSPS) is 13.3. The van der Waals surface area contributed by atoms with Crippen LogP contribution >= 0.6 is 0 Å². The summed E-state index contributed by atoms with van der Waals surface area (Å²) in [6.07, 6.45) is 1.03. The van der Waals surface area contributed by atoms with Crippen molar-refractivity contribution in [3.8, 4) is 11.1 Å². The first-order valence-corrected chi connectivity index (χ1v) is 12.2. The molecule has 0 saturated heterocycles. The van der Waals surface area contributed by atoms with Crippen LogP contribution in [0, 0.1) is 0 Å². The Morgan fingerprint density at radius 2 is 1.49 bits per heavy atom. The van der Waals surface area contributed by atoms with Crippen LogP contribution in [0.2, 0.25) is 0 Å². The average Bonchev–Trinajstić information content (AvgIpc) is 3.33. The maximum Gasteiger partial charge on any atom is 0.251 e. The Hall–Kier alpha value is -4.05. The van der Waals surface area contributed by atoms with Crippen molar-refractivity contribution in [2.45, 2.75) is 12.5 Å². The monoisotopic (exact) mass is 461 g/mol. The van der Waals surface area contributed by atoms with E-state index in [2.05, 4.69) is 75.8 Å². The summed E-state index contributed by atoms with van der Waals surface area (Å²) in [5, 5.41) is 3.21. The van der Waals surface area contributed by atoms with Crippen LogP contribution in [0.5, 0.6) is 0 Å². The summed E-state index contributed by atoms with van der Waals surface area (Å²) >= 11 is 0. The summed E-state index contributed by atoms with van der Waals surface area (Å²) in [7, 11) is 4.10. The van der Waals surface area contributed by atoms with Gasteiger partial charge in [0.05, 0.1) is 6.04 Å². The first-order valence-electron chi connectivity index (χ1n) is 12.2. The minimum absolute atomic E-state index is 0.0491. The molecule has 4 aromatic rings. The van der Waals surface area contributed by atoms with Crippen LogP contribution in [-0.2, 0) is 6.42 Å². The largest absolute Gasteiger partial charge is 0.378 e. The van der Waals surface area contributed by atoms with Gasteiger partial charge in [-0.25, -0.2) is 0 Å². The number of carbonyl (C=O) groups excluding carboxylic acids is 1. The molecule has 4 nitrogen and oxygen atoms in total. The van der Waals surface area contributed by atoms with Crippen LogP contribution in [0.15, 0.2) is 103 Å². The van der Waals surface area contributed by atoms with E-state index < -0.39 is 0 Å². The number of carbonyl (C=O) groups is 1. The maximum atomic E-state index is 13.1. The van der Waals surface area contributed by atoms with Crippen molar-refractivity contribution in [1.82, 2.24) is 5.32 Å². The highest BCUT2D eigenvalue weighted by Crippen LogP contribution is 2.35. The molecule has 1 N–H and O–H groups in total. The number of hydrogen-bond acceptors (Lipinski definition) is 3. The molecule has 4 heteroatoms. The Kier molecular flexibility index (Phi) is 6.53. The summed E-state index contributed by atoms with van der Waals surface area (Å²) in [5.41, 5.74) is 7.92. The quantitative estimate of drug-likeness (QED) is 0.369. The SMILES string of the molecule is CN(C)c1ccc(C(CNC(=O)c2ccc(-c3ccccc3)cc2)N2CCc3ccccc32)cc1. The van der Waals surface area contributed by atoms with E-state index >= 15 is 0 Å². The molecule has 0 fully saturated rings. The summed E-state index contributed by atoms with van der Waals surface area (Å²) in [5.74, 6) is -0.0491. The minimum atomic E-state index is -0.0491. The van der Waals surface area contributed by atoms with E-state index in [0.29, 0.717) is 12.1 Å². The molecule has 1 aliphatic heterocycles. The zero-order chi connectivity index (χ0) is 24.2. The smallest absolute Gasteiger partial charge is 0.251 e. The zero-order valence-electron chi connectivity index (χ0n) is 20.3. The van der Waals surface area contributed by atoms with E-state index in [1.54, 1.807) is 0 Å². The third-order valence-corrected chi connectivity index (χ3v) is 6.80. The van der Waals surface area contributed by atoms with Gasteiger partial charge in [0.25, 0.3) is 5.91 Å².